The molecule has 1 unspecified atom stereocenters. The quantitative estimate of drug-likeness (QED) is 0.456. The van der Waals surface area contributed by atoms with Crippen LogP contribution in [0.2, 0.25) is 10.2 Å². The molecule has 0 spiro atoms. The van der Waals surface area contributed by atoms with Crippen molar-refractivity contribution in [3.8, 4) is 0 Å². The normalized spacial score (nSPS) is 18.2. The van der Waals surface area contributed by atoms with E-state index in [9.17, 15) is 8.42 Å². The molecule has 1 fully saturated rings. The molecule has 1 heterocycles. The number of nitrogens with zero attached hydrogens (tertiary/aromatic N) is 1. The lowest BCUT2D eigenvalue weighted by Crippen LogP contribution is -2.40. The van der Waals surface area contributed by atoms with Crippen LogP contribution in [0, 0.1) is 0 Å². The minimum atomic E-state index is -3.66. The van der Waals surface area contributed by atoms with E-state index in [2.05, 4.69) is 11.6 Å². The Kier molecular flexibility index (Phi) is 5.75. The van der Waals surface area contributed by atoms with Crippen LogP contribution in [0.25, 0.3) is 0 Å². The average molecular weight is 410 g/mol. The van der Waals surface area contributed by atoms with Crippen LogP contribution in [-0.4, -0.2) is 13.4 Å². The highest BCUT2D eigenvalue weighted by molar-refractivity contribution is 7.92. The molecular formula is C20H21Cl2NO2S. The third-order valence-corrected chi connectivity index (χ3v) is 8.61. The van der Waals surface area contributed by atoms with Crippen molar-refractivity contribution in [1.29, 1.82) is 0 Å². The highest BCUT2D eigenvalue weighted by atomic mass is 35.5. The number of halogens is 2. The van der Waals surface area contributed by atoms with Gasteiger partial charge in [0.25, 0.3) is 0 Å². The van der Waals surface area contributed by atoms with Crippen molar-refractivity contribution in [2.75, 3.05) is 0 Å². The summed E-state index contributed by atoms with van der Waals surface area (Å²) in [6, 6.07) is 10.4. The maximum absolute atomic E-state index is 13.9. The lowest BCUT2D eigenvalue weighted by Gasteiger charge is -2.39. The van der Waals surface area contributed by atoms with Crippen LogP contribution in [0.4, 0.5) is 0 Å². The van der Waals surface area contributed by atoms with E-state index in [4.69, 9.17) is 23.2 Å². The first-order chi connectivity index (χ1) is 12.4. The standard InChI is InChI=1S/C20H21Cl2NO2S/c1-2-18(15-8-10-16(21)11-9-15)26(24,25)20(12-4-3-5-13-20)17-7-6-14-23-19(17)22/h2,6-11,14,18H,1,3-5,12-13H2. The van der Waals surface area contributed by atoms with Crippen LogP contribution >= 0.6 is 23.2 Å². The van der Waals surface area contributed by atoms with Gasteiger partial charge in [0.15, 0.2) is 9.84 Å². The van der Waals surface area contributed by atoms with E-state index in [-0.39, 0.29) is 5.15 Å². The maximum Gasteiger partial charge on any atom is 0.170 e. The van der Waals surface area contributed by atoms with Crippen molar-refractivity contribution >= 4 is 33.0 Å². The molecule has 0 aliphatic heterocycles. The molecule has 1 aliphatic rings. The van der Waals surface area contributed by atoms with Gasteiger partial charge < -0.3 is 0 Å². The first-order valence-electron chi connectivity index (χ1n) is 8.65. The second-order valence-corrected chi connectivity index (χ2v) is 9.82. The van der Waals surface area contributed by atoms with Gasteiger partial charge in [-0.15, -0.1) is 6.58 Å². The van der Waals surface area contributed by atoms with E-state index in [0.717, 1.165) is 19.3 Å². The van der Waals surface area contributed by atoms with E-state index in [0.29, 0.717) is 29.0 Å². The highest BCUT2D eigenvalue weighted by Gasteiger charge is 2.50. The van der Waals surface area contributed by atoms with Crippen LogP contribution in [0.15, 0.2) is 55.3 Å². The summed E-state index contributed by atoms with van der Waals surface area (Å²) >= 11 is 12.3. The van der Waals surface area contributed by atoms with Gasteiger partial charge in [-0.25, -0.2) is 13.4 Å². The van der Waals surface area contributed by atoms with E-state index < -0.39 is 19.8 Å². The number of rotatable bonds is 5. The molecule has 0 radical (unpaired) electrons. The van der Waals surface area contributed by atoms with Crippen molar-refractivity contribution in [3.63, 3.8) is 0 Å². The summed E-state index contributed by atoms with van der Waals surface area (Å²) in [6.45, 7) is 3.81. The summed E-state index contributed by atoms with van der Waals surface area (Å²) in [5.41, 5.74) is 1.26. The van der Waals surface area contributed by atoms with Gasteiger partial charge in [0.1, 0.15) is 15.2 Å². The Morgan fingerprint density at radius 2 is 1.73 bits per heavy atom. The van der Waals surface area contributed by atoms with E-state index >= 15 is 0 Å². The third kappa shape index (κ3) is 3.30. The molecule has 26 heavy (non-hydrogen) atoms. The predicted molar refractivity (Wildman–Crippen MR) is 107 cm³/mol. The molecule has 138 valence electrons. The largest absolute Gasteiger partial charge is 0.244 e. The number of aromatic nitrogens is 1. The topological polar surface area (TPSA) is 47.0 Å². The monoisotopic (exact) mass is 409 g/mol. The Hall–Kier alpha value is -1.36. The zero-order valence-corrected chi connectivity index (χ0v) is 16.7. The lowest BCUT2D eigenvalue weighted by molar-refractivity contribution is 0.377. The third-order valence-electron chi connectivity index (χ3n) is 5.20. The minimum Gasteiger partial charge on any atom is -0.244 e. The molecule has 0 saturated heterocycles. The van der Waals surface area contributed by atoms with Crippen molar-refractivity contribution in [2.24, 2.45) is 0 Å². The van der Waals surface area contributed by atoms with Crippen molar-refractivity contribution in [2.45, 2.75) is 42.1 Å². The van der Waals surface area contributed by atoms with Crippen molar-refractivity contribution in [3.05, 3.63) is 76.6 Å². The Bertz CT molecular complexity index is 888. The van der Waals surface area contributed by atoms with Gasteiger partial charge >= 0.3 is 0 Å². The zero-order valence-electron chi connectivity index (χ0n) is 14.4. The van der Waals surface area contributed by atoms with Crippen LogP contribution < -0.4 is 0 Å². The van der Waals surface area contributed by atoms with Gasteiger partial charge in [0.05, 0.1) is 0 Å². The van der Waals surface area contributed by atoms with Crippen LogP contribution in [-0.2, 0) is 14.6 Å². The second kappa shape index (κ2) is 7.71. The molecule has 0 amide bonds. The molecule has 3 rings (SSSR count). The fourth-order valence-corrected chi connectivity index (χ4v) is 6.96. The molecule has 0 N–H and O–H groups in total. The first kappa shape index (κ1) is 19.4. The Morgan fingerprint density at radius 3 is 2.31 bits per heavy atom. The Labute approximate surface area is 165 Å². The lowest BCUT2D eigenvalue weighted by atomic mass is 9.83. The molecule has 2 aromatic rings. The number of benzene rings is 1. The maximum atomic E-state index is 13.9. The first-order valence-corrected chi connectivity index (χ1v) is 10.9. The molecule has 1 aliphatic carbocycles. The summed E-state index contributed by atoms with van der Waals surface area (Å²) in [5, 5.41) is 0.00248. The van der Waals surface area contributed by atoms with Crippen LogP contribution in [0.1, 0.15) is 48.5 Å². The van der Waals surface area contributed by atoms with Crippen LogP contribution in [0.5, 0.6) is 0 Å². The van der Waals surface area contributed by atoms with Gasteiger partial charge in [0, 0.05) is 16.8 Å². The van der Waals surface area contributed by atoms with Crippen molar-refractivity contribution < 1.29 is 8.42 Å². The molecular weight excluding hydrogens is 389 g/mol. The molecule has 1 aromatic carbocycles. The fourth-order valence-electron chi connectivity index (χ4n) is 3.89. The summed E-state index contributed by atoms with van der Waals surface area (Å²) < 4.78 is 26.7. The highest BCUT2D eigenvalue weighted by Crippen LogP contribution is 2.50. The van der Waals surface area contributed by atoms with Gasteiger partial charge in [0.2, 0.25) is 0 Å². The van der Waals surface area contributed by atoms with E-state index in [1.807, 2.05) is 0 Å². The number of hydrogen-bond donors (Lipinski definition) is 0. The molecule has 1 saturated carbocycles. The Morgan fingerprint density at radius 1 is 1.08 bits per heavy atom. The molecule has 3 nitrogen and oxygen atoms in total. The van der Waals surface area contributed by atoms with Gasteiger partial charge in [-0.2, -0.15) is 0 Å². The molecule has 1 aromatic heterocycles. The summed E-state index contributed by atoms with van der Waals surface area (Å²) in [7, 11) is -3.66. The zero-order chi connectivity index (χ0) is 18.8. The number of pyridine rings is 1. The smallest absolute Gasteiger partial charge is 0.170 e. The fraction of sp³-hybridized carbons (Fsp3) is 0.350. The minimum absolute atomic E-state index is 0.261. The second-order valence-electron chi connectivity index (χ2n) is 6.65. The summed E-state index contributed by atoms with van der Waals surface area (Å²) in [4.78, 5) is 4.14. The van der Waals surface area contributed by atoms with E-state index in [1.54, 1.807) is 42.6 Å². The Balaban J connectivity index is 2.17. The number of hydrogen-bond acceptors (Lipinski definition) is 3. The predicted octanol–water partition coefficient (Wildman–Crippen LogP) is 5.89. The number of sulfone groups is 1. The van der Waals surface area contributed by atoms with Gasteiger partial charge in [-0.3, -0.25) is 0 Å². The van der Waals surface area contributed by atoms with Crippen LogP contribution in [0.3, 0.4) is 0 Å². The SMILES string of the molecule is C=CC(c1ccc(Cl)cc1)S(=O)(=O)C1(c2cccnc2Cl)CCCCC1. The van der Waals surface area contributed by atoms with E-state index in [1.165, 1.54) is 6.08 Å². The van der Waals surface area contributed by atoms with Crippen molar-refractivity contribution in [1.82, 2.24) is 4.98 Å². The van der Waals surface area contributed by atoms with Gasteiger partial charge in [-0.05, 0) is 36.6 Å². The molecule has 0 bridgehead atoms. The van der Waals surface area contributed by atoms with Gasteiger partial charge in [-0.1, -0.05) is 66.7 Å². The molecule has 6 heteroatoms. The molecule has 1 atom stereocenters. The summed E-state index contributed by atoms with van der Waals surface area (Å²) in [5.74, 6) is 0. The average Bonchev–Trinajstić information content (AvgIpc) is 2.64. The summed E-state index contributed by atoms with van der Waals surface area (Å²) in [6.07, 6.45) is 6.87.